The van der Waals surface area contributed by atoms with Gasteiger partial charge in [-0.3, -0.25) is 0 Å². The summed E-state index contributed by atoms with van der Waals surface area (Å²) in [7, 11) is -4.66. The van der Waals surface area contributed by atoms with Crippen LogP contribution in [-0.2, 0) is 0 Å². The molecule has 2 nitrogen and oxygen atoms in total. The number of alkyl halides is 3. The Bertz CT molecular complexity index is 120. The van der Waals surface area contributed by atoms with Crippen LogP contribution >= 0.6 is 0 Å². The van der Waals surface area contributed by atoms with Crippen molar-refractivity contribution >= 4 is 8.56 Å². The average molecular weight is 174 g/mol. The summed E-state index contributed by atoms with van der Waals surface area (Å²) in [5, 5.41) is 0. The molecule has 1 unspecified atom stereocenters. The fraction of sp³-hybridized carbons (Fsp3) is 1.00. The molecule has 62 valence electrons. The van der Waals surface area contributed by atoms with E-state index < -0.39 is 20.3 Å². The van der Waals surface area contributed by atoms with Gasteiger partial charge in [0, 0.05) is 0 Å². The summed E-state index contributed by atoms with van der Waals surface area (Å²) in [6, 6.07) is 0. The number of hydrogen-bond acceptors (Lipinski definition) is 2. The van der Waals surface area contributed by atoms with E-state index in [0.29, 0.717) is 13.5 Å². The summed E-state index contributed by atoms with van der Waals surface area (Å²) in [5.74, 6) is 0. The minimum absolute atomic E-state index is 0.572. The summed E-state index contributed by atoms with van der Waals surface area (Å²) in [4.78, 5) is 16.8. The first-order valence-corrected chi connectivity index (χ1v) is 5.05. The van der Waals surface area contributed by atoms with E-state index in [0.717, 1.165) is 0 Å². The zero-order chi connectivity index (χ0) is 8.58. The first-order valence-electron chi connectivity index (χ1n) is 2.66. The normalized spacial score (nSPS) is 17.1. The van der Waals surface area contributed by atoms with Gasteiger partial charge in [-0.2, -0.15) is 0 Å². The van der Waals surface area contributed by atoms with Gasteiger partial charge >= 0.3 is 14.1 Å². The second kappa shape index (κ2) is 2.52. The van der Waals surface area contributed by atoms with Crippen molar-refractivity contribution in [1.29, 1.82) is 0 Å². The molecule has 0 spiro atoms. The third-order valence-corrected chi connectivity index (χ3v) is 2.79. The van der Waals surface area contributed by atoms with Crippen LogP contribution in [0, 0.1) is 0 Å². The lowest BCUT2D eigenvalue weighted by molar-refractivity contribution is -0.0276. The highest BCUT2D eigenvalue weighted by molar-refractivity contribution is 6.66. The van der Waals surface area contributed by atoms with E-state index in [9.17, 15) is 13.2 Å². The van der Waals surface area contributed by atoms with Crippen molar-refractivity contribution in [2.45, 2.75) is 25.2 Å². The topological polar surface area (TPSA) is 40.5 Å². The van der Waals surface area contributed by atoms with Crippen LogP contribution in [0.2, 0.25) is 6.55 Å². The molecule has 0 radical (unpaired) electrons. The largest absolute Gasteiger partial charge is 0.408 e. The third kappa shape index (κ3) is 1.71. The lowest BCUT2D eigenvalue weighted by Crippen LogP contribution is -2.56. The van der Waals surface area contributed by atoms with Crippen LogP contribution in [0.25, 0.3) is 0 Å². The van der Waals surface area contributed by atoms with Gasteiger partial charge in [0.1, 0.15) is 0 Å². The Hall–Kier alpha value is -0.0731. The molecule has 0 saturated heterocycles. The molecule has 0 rings (SSSR count). The SMILES string of the molecule is CC(F)C(F)(F)[Si](C)(O)O. The molecule has 0 aliphatic heterocycles. The molecule has 0 aliphatic carbocycles. The highest BCUT2D eigenvalue weighted by Gasteiger charge is 2.57. The highest BCUT2D eigenvalue weighted by Crippen LogP contribution is 2.28. The van der Waals surface area contributed by atoms with Gasteiger partial charge < -0.3 is 9.59 Å². The Morgan fingerprint density at radius 1 is 1.40 bits per heavy atom. The van der Waals surface area contributed by atoms with E-state index in [4.69, 9.17) is 9.59 Å². The van der Waals surface area contributed by atoms with Crippen LogP contribution in [-0.4, -0.2) is 29.9 Å². The molecular weight excluding hydrogens is 165 g/mol. The van der Waals surface area contributed by atoms with E-state index in [1.54, 1.807) is 0 Å². The van der Waals surface area contributed by atoms with Crippen LogP contribution in [0.15, 0.2) is 0 Å². The molecule has 0 saturated carbocycles. The molecule has 0 aromatic rings. The number of rotatable bonds is 2. The molecule has 0 aliphatic rings. The zero-order valence-corrected chi connectivity index (χ0v) is 6.61. The minimum Gasteiger partial charge on any atom is -0.407 e. The van der Waals surface area contributed by atoms with Gasteiger partial charge in [0.15, 0.2) is 6.17 Å². The summed E-state index contributed by atoms with van der Waals surface area (Å²) < 4.78 is 36.4. The number of hydrogen-bond donors (Lipinski definition) is 2. The van der Waals surface area contributed by atoms with E-state index in [2.05, 4.69) is 0 Å². The standard InChI is InChI=1S/C4H9F3O2Si/c1-3(5)4(6,7)10(2,8)9/h3,8-9H,1-2H3. The van der Waals surface area contributed by atoms with Crippen molar-refractivity contribution in [3.05, 3.63) is 0 Å². The fourth-order valence-corrected chi connectivity index (χ4v) is 1.13. The predicted octanol–water partition coefficient (Wildman–Crippen LogP) is 0.575. The van der Waals surface area contributed by atoms with Gasteiger partial charge in [-0.15, -0.1) is 0 Å². The van der Waals surface area contributed by atoms with E-state index in [1.165, 1.54) is 0 Å². The van der Waals surface area contributed by atoms with Gasteiger partial charge in [0.05, 0.1) is 0 Å². The first-order chi connectivity index (χ1) is 4.19. The first kappa shape index (κ1) is 9.93. The second-order valence-corrected chi connectivity index (χ2v) is 4.97. The molecule has 0 fully saturated rings. The quantitative estimate of drug-likeness (QED) is 0.601. The van der Waals surface area contributed by atoms with E-state index in [1.807, 2.05) is 0 Å². The molecule has 10 heavy (non-hydrogen) atoms. The van der Waals surface area contributed by atoms with Crippen LogP contribution in [0.3, 0.4) is 0 Å². The molecule has 2 N–H and O–H groups in total. The van der Waals surface area contributed by atoms with Crippen LogP contribution in [0.5, 0.6) is 0 Å². The van der Waals surface area contributed by atoms with Crippen molar-refractivity contribution in [3.8, 4) is 0 Å². The lowest BCUT2D eigenvalue weighted by Gasteiger charge is -2.24. The van der Waals surface area contributed by atoms with Gasteiger partial charge in [-0.05, 0) is 13.5 Å². The molecule has 0 aromatic heterocycles. The van der Waals surface area contributed by atoms with Gasteiger partial charge in [-0.1, -0.05) is 0 Å². The third-order valence-electron chi connectivity index (χ3n) is 1.13. The maximum Gasteiger partial charge on any atom is 0.408 e. The average Bonchev–Trinajstić information content (AvgIpc) is 1.62. The summed E-state index contributed by atoms with van der Waals surface area (Å²) in [6.07, 6.45) is -2.51. The van der Waals surface area contributed by atoms with E-state index >= 15 is 0 Å². The molecule has 6 heteroatoms. The van der Waals surface area contributed by atoms with Gasteiger partial charge in [0.2, 0.25) is 0 Å². The minimum atomic E-state index is -4.66. The van der Waals surface area contributed by atoms with Crippen LogP contribution in [0.4, 0.5) is 13.2 Å². The maximum atomic E-state index is 12.2. The van der Waals surface area contributed by atoms with Crippen molar-refractivity contribution in [2.75, 3.05) is 0 Å². The van der Waals surface area contributed by atoms with E-state index in [-0.39, 0.29) is 0 Å². The Kier molecular flexibility index (Phi) is 2.50. The summed E-state index contributed by atoms with van der Waals surface area (Å²) in [6.45, 7) is 1.17. The Labute approximate surface area is 57.5 Å². The Morgan fingerprint density at radius 3 is 1.70 bits per heavy atom. The van der Waals surface area contributed by atoms with Crippen molar-refractivity contribution in [3.63, 3.8) is 0 Å². The Balaban J connectivity index is 4.40. The van der Waals surface area contributed by atoms with Crippen LogP contribution in [0.1, 0.15) is 6.92 Å². The fourth-order valence-electron chi connectivity index (χ4n) is 0.377. The second-order valence-electron chi connectivity index (χ2n) is 2.26. The van der Waals surface area contributed by atoms with Crippen molar-refractivity contribution in [1.82, 2.24) is 0 Å². The molecule has 0 heterocycles. The Morgan fingerprint density at radius 2 is 1.70 bits per heavy atom. The van der Waals surface area contributed by atoms with Gasteiger partial charge in [0.25, 0.3) is 0 Å². The van der Waals surface area contributed by atoms with Gasteiger partial charge in [-0.25, -0.2) is 13.2 Å². The molecule has 0 bridgehead atoms. The van der Waals surface area contributed by atoms with Crippen LogP contribution < -0.4 is 0 Å². The highest BCUT2D eigenvalue weighted by atomic mass is 28.4. The lowest BCUT2D eigenvalue weighted by atomic mass is 10.5. The zero-order valence-electron chi connectivity index (χ0n) is 5.61. The molecular formula is C4H9F3O2Si. The predicted molar refractivity (Wildman–Crippen MR) is 31.6 cm³/mol. The number of halogens is 3. The van der Waals surface area contributed by atoms with Crippen molar-refractivity contribution in [2.24, 2.45) is 0 Å². The molecule has 0 aromatic carbocycles. The monoisotopic (exact) mass is 174 g/mol. The maximum absolute atomic E-state index is 12.2. The molecule has 1 atom stereocenters. The summed E-state index contributed by atoms with van der Waals surface area (Å²) in [5.41, 5.74) is -3.98. The molecule has 0 amide bonds. The summed E-state index contributed by atoms with van der Waals surface area (Å²) >= 11 is 0. The van der Waals surface area contributed by atoms with Crippen molar-refractivity contribution < 1.29 is 22.8 Å². The smallest absolute Gasteiger partial charge is 0.407 e.